The fraction of sp³-hybridized carbons (Fsp3) is 0.133. The van der Waals surface area contributed by atoms with E-state index in [1.807, 2.05) is 19.1 Å². The molecule has 1 heterocycles. The van der Waals surface area contributed by atoms with E-state index >= 15 is 0 Å². The van der Waals surface area contributed by atoms with E-state index in [2.05, 4.69) is 10.3 Å². The summed E-state index contributed by atoms with van der Waals surface area (Å²) >= 11 is 17.5. The van der Waals surface area contributed by atoms with Gasteiger partial charge in [0.1, 0.15) is 10.0 Å². The summed E-state index contributed by atoms with van der Waals surface area (Å²) in [6, 6.07) is 7.20. The first-order chi connectivity index (χ1) is 11.3. The van der Waals surface area contributed by atoms with Crippen molar-refractivity contribution in [2.24, 2.45) is 0 Å². The van der Waals surface area contributed by atoms with Crippen LogP contribution < -0.4 is 16.0 Å². The van der Waals surface area contributed by atoms with E-state index in [1.54, 1.807) is 12.1 Å². The minimum atomic E-state index is -0.884. The molecule has 0 aliphatic heterocycles. The van der Waals surface area contributed by atoms with Gasteiger partial charge in [-0.2, -0.15) is 4.98 Å². The van der Waals surface area contributed by atoms with Gasteiger partial charge in [0.15, 0.2) is 6.61 Å². The van der Waals surface area contributed by atoms with E-state index in [-0.39, 0.29) is 26.6 Å². The van der Waals surface area contributed by atoms with E-state index < -0.39 is 18.5 Å². The van der Waals surface area contributed by atoms with Crippen molar-refractivity contribution >= 4 is 58.1 Å². The van der Waals surface area contributed by atoms with Crippen LogP contribution in [0.25, 0.3) is 0 Å². The number of para-hydroxylation sites is 1. The zero-order chi connectivity index (χ0) is 17.9. The first-order valence-electron chi connectivity index (χ1n) is 6.69. The fourth-order valence-corrected chi connectivity index (χ4v) is 2.42. The van der Waals surface area contributed by atoms with Crippen molar-refractivity contribution in [3.63, 3.8) is 0 Å². The number of nitrogen functional groups attached to an aromatic ring is 1. The Balaban J connectivity index is 2.04. The molecule has 0 bridgehead atoms. The number of hydrogen-bond donors (Lipinski definition) is 2. The predicted octanol–water partition coefficient (Wildman–Crippen LogP) is 3.15. The van der Waals surface area contributed by atoms with E-state index in [0.717, 1.165) is 5.56 Å². The second-order valence-electron chi connectivity index (χ2n) is 4.79. The van der Waals surface area contributed by atoms with Crippen LogP contribution in [0.2, 0.25) is 15.2 Å². The lowest BCUT2D eigenvalue weighted by molar-refractivity contribution is -0.380. The minimum Gasteiger partial charge on any atom is -0.448 e. The van der Waals surface area contributed by atoms with Crippen molar-refractivity contribution in [3.8, 4) is 0 Å². The van der Waals surface area contributed by atoms with Crippen LogP contribution in [-0.4, -0.2) is 18.5 Å². The first-order valence-corrected chi connectivity index (χ1v) is 7.82. The largest absolute Gasteiger partial charge is 0.448 e. The van der Waals surface area contributed by atoms with Gasteiger partial charge in [0, 0.05) is 5.69 Å². The van der Waals surface area contributed by atoms with Crippen molar-refractivity contribution in [3.05, 3.63) is 50.7 Å². The second-order valence-corrected chi connectivity index (χ2v) is 5.93. The van der Waals surface area contributed by atoms with Gasteiger partial charge < -0.3 is 15.8 Å². The number of hydrogen-bond acceptors (Lipinski definition) is 4. The number of halogens is 3. The Labute approximate surface area is 152 Å². The molecule has 0 saturated carbocycles. The zero-order valence-corrected chi connectivity index (χ0v) is 14.7. The van der Waals surface area contributed by atoms with Crippen LogP contribution in [-0.2, 0) is 9.53 Å². The molecule has 9 heteroatoms. The second kappa shape index (κ2) is 7.70. The Morgan fingerprint density at radius 2 is 1.88 bits per heavy atom. The van der Waals surface area contributed by atoms with Crippen LogP contribution >= 0.6 is 34.8 Å². The third-order valence-corrected chi connectivity index (χ3v) is 4.24. The number of aromatic amines is 1. The quantitative estimate of drug-likeness (QED) is 0.620. The highest BCUT2D eigenvalue weighted by Gasteiger charge is 2.27. The molecule has 4 N–H and O–H groups in total. The molecule has 0 aliphatic carbocycles. The third-order valence-electron chi connectivity index (χ3n) is 3.08. The lowest BCUT2D eigenvalue weighted by Crippen LogP contribution is -2.26. The number of carbonyl (C=O) groups is 2. The van der Waals surface area contributed by atoms with Crippen LogP contribution in [0.4, 0.5) is 11.4 Å². The van der Waals surface area contributed by atoms with Crippen molar-refractivity contribution in [2.45, 2.75) is 6.92 Å². The molecule has 0 aliphatic rings. The minimum absolute atomic E-state index is 0.00416. The fourth-order valence-electron chi connectivity index (χ4n) is 1.81. The molecule has 126 valence electrons. The van der Waals surface area contributed by atoms with Gasteiger partial charge >= 0.3 is 11.7 Å². The van der Waals surface area contributed by atoms with E-state index in [1.165, 1.54) is 0 Å². The van der Waals surface area contributed by atoms with Crippen LogP contribution in [0, 0.1) is 6.92 Å². The Morgan fingerprint density at radius 1 is 1.21 bits per heavy atom. The van der Waals surface area contributed by atoms with Crippen LogP contribution in [0.3, 0.4) is 0 Å². The van der Waals surface area contributed by atoms with Crippen molar-refractivity contribution in [1.29, 1.82) is 0 Å². The Bertz CT molecular complexity index is 812. The molecular weight excluding hydrogens is 377 g/mol. The van der Waals surface area contributed by atoms with Gasteiger partial charge in [-0.3, -0.25) is 4.79 Å². The number of benzene rings is 1. The van der Waals surface area contributed by atoms with Gasteiger partial charge in [0.05, 0.1) is 5.69 Å². The average molecular weight is 390 g/mol. The van der Waals surface area contributed by atoms with Gasteiger partial charge in [-0.25, -0.2) is 4.79 Å². The zero-order valence-electron chi connectivity index (χ0n) is 12.5. The number of nitrogens with one attached hydrogen (secondary N) is 2. The summed E-state index contributed by atoms with van der Waals surface area (Å²) in [6.45, 7) is 1.34. The van der Waals surface area contributed by atoms with Crippen LogP contribution in [0.15, 0.2) is 24.3 Å². The third kappa shape index (κ3) is 4.08. The van der Waals surface area contributed by atoms with Gasteiger partial charge in [-0.15, -0.1) is 0 Å². The number of amides is 1. The molecule has 2 aromatic rings. The normalized spacial score (nSPS) is 10.3. The molecule has 1 amide bonds. The van der Waals surface area contributed by atoms with E-state index in [4.69, 9.17) is 45.3 Å². The molecule has 0 spiro atoms. The molecule has 0 unspecified atom stereocenters. The van der Waals surface area contributed by atoms with Crippen LogP contribution in [0.1, 0.15) is 16.1 Å². The van der Waals surface area contributed by atoms with E-state index in [9.17, 15) is 9.59 Å². The maximum absolute atomic E-state index is 12.0. The summed E-state index contributed by atoms with van der Waals surface area (Å²) in [6.07, 6.45) is 0. The molecule has 24 heavy (non-hydrogen) atoms. The molecule has 1 aromatic heterocycles. The SMILES string of the molecule is Cc1ccccc1NC(=O)COC(=O)c1[nH+]c(Cl)c(Cl)c(N)c1Cl. The van der Waals surface area contributed by atoms with Crippen molar-refractivity contribution < 1.29 is 19.3 Å². The number of pyridine rings is 1. The molecule has 2 rings (SSSR count). The highest BCUT2D eigenvalue weighted by atomic mass is 35.5. The maximum atomic E-state index is 12.0. The lowest BCUT2D eigenvalue weighted by Gasteiger charge is -2.08. The van der Waals surface area contributed by atoms with E-state index in [0.29, 0.717) is 5.69 Å². The monoisotopic (exact) mass is 388 g/mol. The topological polar surface area (TPSA) is 95.6 Å². The maximum Gasteiger partial charge on any atom is 0.405 e. The van der Waals surface area contributed by atoms with Crippen LogP contribution in [0.5, 0.6) is 0 Å². The average Bonchev–Trinajstić information content (AvgIpc) is 2.56. The predicted molar refractivity (Wildman–Crippen MR) is 92.5 cm³/mol. The molecule has 0 saturated heterocycles. The lowest BCUT2D eigenvalue weighted by atomic mass is 10.2. The number of esters is 1. The standard InChI is InChI=1S/C15H12Cl3N3O3/c1-7-4-2-3-5-8(7)20-9(22)6-24-15(23)13-10(16)12(19)11(17)14(18)21-13/h2-5H,6H2,1H3,(H2,19,21)(H,20,22)/p+1. The molecule has 0 radical (unpaired) electrons. The molecule has 1 aromatic carbocycles. The summed E-state index contributed by atoms with van der Waals surface area (Å²) in [5.41, 5.74) is 6.90. The number of aryl methyl sites for hydroxylation is 1. The molecule has 6 nitrogen and oxygen atoms in total. The Hall–Kier alpha value is -2.02. The Morgan fingerprint density at radius 3 is 2.54 bits per heavy atom. The summed E-state index contributed by atoms with van der Waals surface area (Å²) in [5.74, 6) is -1.38. The number of ether oxygens (including phenoxy) is 1. The molecule has 0 atom stereocenters. The van der Waals surface area contributed by atoms with Gasteiger partial charge in [0.25, 0.3) is 11.1 Å². The van der Waals surface area contributed by atoms with Gasteiger partial charge in [-0.1, -0.05) is 41.4 Å². The number of rotatable bonds is 4. The van der Waals surface area contributed by atoms with Gasteiger partial charge in [0.2, 0.25) is 0 Å². The summed E-state index contributed by atoms with van der Waals surface area (Å²) < 4.78 is 4.91. The molecular formula is C15H13Cl3N3O3+. The summed E-state index contributed by atoms with van der Waals surface area (Å²) in [7, 11) is 0. The number of nitrogens with two attached hydrogens (primary N) is 1. The summed E-state index contributed by atoms with van der Waals surface area (Å²) in [5, 5.41) is 2.44. The number of anilines is 2. The smallest absolute Gasteiger partial charge is 0.405 e. The summed E-state index contributed by atoms with van der Waals surface area (Å²) in [4.78, 5) is 26.4. The first kappa shape index (κ1) is 18.3. The number of carbonyl (C=O) groups excluding carboxylic acids is 2. The van der Waals surface area contributed by atoms with Gasteiger partial charge in [-0.05, 0) is 30.2 Å². The molecule has 0 fully saturated rings. The highest BCUT2D eigenvalue weighted by molar-refractivity contribution is 6.45. The van der Waals surface area contributed by atoms with Crippen molar-refractivity contribution in [1.82, 2.24) is 0 Å². The Kier molecular flexibility index (Phi) is 5.88. The number of H-pyrrole nitrogens is 1. The highest BCUT2D eigenvalue weighted by Crippen LogP contribution is 2.32. The number of aromatic nitrogens is 1. The van der Waals surface area contributed by atoms with Crippen molar-refractivity contribution in [2.75, 3.05) is 17.7 Å².